The van der Waals surface area contributed by atoms with Crippen LogP contribution >= 0.6 is 23.1 Å². The van der Waals surface area contributed by atoms with Gasteiger partial charge in [0.1, 0.15) is 12.1 Å². The first-order chi connectivity index (χ1) is 14.0. The summed E-state index contributed by atoms with van der Waals surface area (Å²) in [5.41, 5.74) is 0. The summed E-state index contributed by atoms with van der Waals surface area (Å²) >= 11 is 2.80. The Morgan fingerprint density at radius 2 is 1.97 bits per heavy atom. The van der Waals surface area contributed by atoms with Crippen molar-refractivity contribution in [2.75, 3.05) is 25.1 Å². The number of hydrogen-bond acceptors (Lipinski definition) is 6. The number of carbonyl (C=O) groups excluding carboxylic acids is 4. The van der Waals surface area contributed by atoms with Gasteiger partial charge in [0.05, 0.1) is 16.7 Å². The van der Waals surface area contributed by atoms with E-state index in [1.165, 1.54) is 23.1 Å². The minimum atomic E-state index is -0.609. The van der Waals surface area contributed by atoms with Gasteiger partial charge >= 0.3 is 0 Å². The highest BCUT2D eigenvalue weighted by molar-refractivity contribution is 7.99. The van der Waals surface area contributed by atoms with Crippen molar-refractivity contribution in [3.05, 3.63) is 22.4 Å². The van der Waals surface area contributed by atoms with Crippen LogP contribution in [0.2, 0.25) is 0 Å². The van der Waals surface area contributed by atoms with Crippen molar-refractivity contribution in [1.82, 2.24) is 20.4 Å². The Bertz CT molecular complexity index is 815. The molecule has 2 N–H and O–H groups in total. The van der Waals surface area contributed by atoms with Crippen molar-refractivity contribution >= 4 is 46.7 Å². The molecule has 4 amide bonds. The summed E-state index contributed by atoms with van der Waals surface area (Å²) in [7, 11) is 0. The Balaban J connectivity index is 1.43. The van der Waals surface area contributed by atoms with E-state index < -0.39 is 12.1 Å². The SMILES string of the molecule is CSCC(=O)N[C@@H]1CCN2C(=O)[C@@H]3C[C@@H](NC(=O)c4cccs4)CCN3C(=O)[C@H]12. The summed E-state index contributed by atoms with van der Waals surface area (Å²) in [6.07, 6.45) is 3.47. The lowest BCUT2D eigenvalue weighted by molar-refractivity contribution is -0.162. The first-order valence-corrected chi connectivity index (χ1v) is 12.0. The summed E-state index contributed by atoms with van der Waals surface area (Å²) < 4.78 is 0. The van der Waals surface area contributed by atoms with Crippen molar-refractivity contribution in [3.63, 3.8) is 0 Å². The standard InChI is InChI=1S/C19H24N4O4S2/c1-28-10-15(24)21-12-5-7-23-16(12)19(27)22-6-4-11(9-13(22)18(23)26)20-17(25)14-3-2-8-29-14/h2-3,8,11-13,16H,4-7,9-10H2,1H3,(H,20,25)(H,21,24)/t11-,12+,13-,16-/m0/s1. The molecule has 156 valence electrons. The molecule has 3 saturated heterocycles. The van der Waals surface area contributed by atoms with Crippen LogP contribution in [0, 0.1) is 0 Å². The van der Waals surface area contributed by atoms with Crippen LogP contribution in [-0.2, 0) is 14.4 Å². The molecule has 0 aliphatic carbocycles. The summed E-state index contributed by atoms with van der Waals surface area (Å²) in [5, 5.41) is 7.77. The molecular weight excluding hydrogens is 412 g/mol. The molecule has 3 aliphatic rings. The van der Waals surface area contributed by atoms with E-state index in [0.29, 0.717) is 43.0 Å². The number of carbonyl (C=O) groups is 4. The molecule has 10 heteroatoms. The zero-order valence-electron chi connectivity index (χ0n) is 16.1. The fourth-order valence-corrected chi connectivity index (χ4v) is 5.47. The maximum Gasteiger partial charge on any atom is 0.261 e. The zero-order valence-corrected chi connectivity index (χ0v) is 17.8. The first-order valence-electron chi connectivity index (χ1n) is 9.73. The van der Waals surface area contributed by atoms with Gasteiger partial charge in [-0.15, -0.1) is 11.3 Å². The predicted molar refractivity (Wildman–Crippen MR) is 111 cm³/mol. The predicted octanol–water partition coefficient (Wildman–Crippen LogP) is 0.300. The van der Waals surface area contributed by atoms with Gasteiger partial charge in [0.2, 0.25) is 17.7 Å². The highest BCUT2D eigenvalue weighted by atomic mass is 32.2. The molecule has 4 heterocycles. The average molecular weight is 437 g/mol. The second kappa shape index (κ2) is 8.35. The quantitative estimate of drug-likeness (QED) is 0.692. The lowest BCUT2D eigenvalue weighted by Crippen LogP contribution is -2.69. The van der Waals surface area contributed by atoms with Crippen LogP contribution in [0.5, 0.6) is 0 Å². The molecule has 4 atom stereocenters. The highest BCUT2D eigenvalue weighted by Gasteiger charge is 2.53. The maximum absolute atomic E-state index is 13.1. The third kappa shape index (κ3) is 3.87. The number of thiophene rings is 1. The Morgan fingerprint density at radius 3 is 2.69 bits per heavy atom. The largest absolute Gasteiger partial charge is 0.350 e. The minimum Gasteiger partial charge on any atom is -0.350 e. The Hall–Kier alpha value is -2.07. The third-order valence-electron chi connectivity index (χ3n) is 5.81. The number of nitrogens with zero attached hydrogens (tertiary/aromatic N) is 2. The summed E-state index contributed by atoms with van der Waals surface area (Å²) in [6.45, 7) is 0.899. The van der Waals surface area contributed by atoms with Crippen LogP contribution in [0.25, 0.3) is 0 Å². The van der Waals surface area contributed by atoms with E-state index in [2.05, 4.69) is 10.6 Å². The van der Waals surface area contributed by atoms with Crippen molar-refractivity contribution in [2.24, 2.45) is 0 Å². The van der Waals surface area contributed by atoms with Crippen molar-refractivity contribution in [2.45, 2.75) is 43.4 Å². The summed E-state index contributed by atoms with van der Waals surface area (Å²) in [6, 6.07) is 1.98. The number of piperidine rings is 1. The van der Waals surface area contributed by atoms with Gasteiger partial charge in [-0.2, -0.15) is 11.8 Å². The summed E-state index contributed by atoms with van der Waals surface area (Å²) in [4.78, 5) is 54.5. The van der Waals surface area contributed by atoms with Crippen molar-refractivity contribution < 1.29 is 19.2 Å². The topological polar surface area (TPSA) is 98.8 Å². The average Bonchev–Trinajstić information content (AvgIpc) is 3.37. The molecule has 4 rings (SSSR count). The lowest BCUT2D eigenvalue weighted by atomic mass is 9.91. The molecule has 0 bridgehead atoms. The third-order valence-corrected chi connectivity index (χ3v) is 7.23. The Kier molecular flexibility index (Phi) is 5.82. The number of thioether (sulfide) groups is 1. The van der Waals surface area contributed by atoms with Gasteiger partial charge in [-0.1, -0.05) is 6.07 Å². The van der Waals surface area contributed by atoms with Gasteiger partial charge in [0, 0.05) is 19.1 Å². The molecule has 8 nitrogen and oxygen atoms in total. The molecule has 0 spiro atoms. The van der Waals surface area contributed by atoms with Gasteiger partial charge in [-0.05, 0) is 37.0 Å². The van der Waals surface area contributed by atoms with E-state index in [4.69, 9.17) is 0 Å². The molecular formula is C19H24N4O4S2. The molecule has 1 aromatic heterocycles. The molecule has 3 fully saturated rings. The number of piperazine rings is 1. The fraction of sp³-hybridized carbons (Fsp3) is 0.579. The summed E-state index contributed by atoms with van der Waals surface area (Å²) in [5.74, 6) is -0.0789. The smallest absolute Gasteiger partial charge is 0.261 e. The van der Waals surface area contributed by atoms with Gasteiger partial charge in [-0.25, -0.2) is 0 Å². The van der Waals surface area contributed by atoms with Crippen LogP contribution in [0.4, 0.5) is 0 Å². The zero-order chi connectivity index (χ0) is 20.5. The monoisotopic (exact) mass is 436 g/mol. The van der Waals surface area contributed by atoms with Crippen molar-refractivity contribution in [1.29, 1.82) is 0 Å². The van der Waals surface area contributed by atoms with Crippen LogP contribution < -0.4 is 10.6 Å². The first kappa shape index (κ1) is 20.2. The number of fused-ring (bicyclic) bond motifs is 2. The van der Waals surface area contributed by atoms with E-state index in [1.54, 1.807) is 15.9 Å². The minimum absolute atomic E-state index is 0.0775. The molecule has 0 aromatic carbocycles. The lowest BCUT2D eigenvalue weighted by Gasteiger charge is -2.47. The molecule has 0 unspecified atom stereocenters. The molecule has 0 saturated carbocycles. The molecule has 29 heavy (non-hydrogen) atoms. The second-order valence-electron chi connectivity index (χ2n) is 7.59. The molecule has 3 aliphatic heterocycles. The second-order valence-corrected chi connectivity index (χ2v) is 9.41. The van der Waals surface area contributed by atoms with Crippen molar-refractivity contribution in [3.8, 4) is 0 Å². The van der Waals surface area contributed by atoms with E-state index in [0.717, 1.165) is 0 Å². The number of hydrogen-bond donors (Lipinski definition) is 2. The van der Waals surface area contributed by atoms with Crippen LogP contribution in [-0.4, -0.2) is 82.7 Å². The van der Waals surface area contributed by atoms with E-state index in [1.807, 2.05) is 17.7 Å². The van der Waals surface area contributed by atoms with Gasteiger partial charge in [0.15, 0.2) is 0 Å². The van der Waals surface area contributed by atoms with Crippen LogP contribution in [0.3, 0.4) is 0 Å². The van der Waals surface area contributed by atoms with Gasteiger partial charge in [-0.3, -0.25) is 19.2 Å². The van der Waals surface area contributed by atoms with E-state index in [9.17, 15) is 19.2 Å². The van der Waals surface area contributed by atoms with Gasteiger partial charge in [0.25, 0.3) is 5.91 Å². The Morgan fingerprint density at radius 1 is 1.17 bits per heavy atom. The number of amides is 4. The normalized spacial score (nSPS) is 28.7. The van der Waals surface area contributed by atoms with E-state index >= 15 is 0 Å². The van der Waals surface area contributed by atoms with Crippen LogP contribution in [0.15, 0.2) is 17.5 Å². The van der Waals surface area contributed by atoms with E-state index in [-0.39, 0.29) is 35.7 Å². The van der Waals surface area contributed by atoms with Gasteiger partial charge < -0.3 is 20.4 Å². The maximum atomic E-state index is 13.1. The Labute approximate surface area is 177 Å². The number of nitrogens with one attached hydrogen (secondary N) is 2. The number of rotatable bonds is 5. The fourth-order valence-electron chi connectivity index (χ4n) is 4.50. The van der Waals surface area contributed by atoms with Crippen LogP contribution in [0.1, 0.15) is 28.9 Å². The highest BCUT2D eigenvalue weighted by Crippen LogP contribution is 2.32. The molecule has 0 radical (unpaired) electrons. The molecule has 1 aromatic rings.